The molecule has 0 bridgehead atoms. The molecular formula is C11H19N3O3. The van der Waals surface area contributed by atoms with Gasteiger partial charge in [0, 0.05) is 5.41 Å². The molecule has 0 aliphatic rings. The second kappa shape index (κ2) is 4.44. The quantitative estimate of drug-likeness (QED) is 0.826. The van der Waals surface area contributed by atoms with Gasteiger partial charge in [-0.15, -0.1) is 10.2 Å². The van der Waals surface area contributed by atoms with E-state index < -0.39 is 11.5 Å². The van der Waals surface area contributed by atoms with E-state index in [1.165, 1.54) is 0 Å². The molecule has 0 aliphatic carbocycles. The van der Waals surface area contributed by atoms with E-state index in [0.29, 0.717) is 11.8 Å². The van der Waals surface area contributed by atoms with E-state index in [1.54, 1.807) is 13.8 Å². The highest BCUT2D eigenvalue weighted by Gasteiger charge is 2.27. The number of nitrogens with zero attached hydrogens (tertiary/aromatic N) is 2. The van der Waals surface area contributed by atoms with Gasteiger partial charge in [-0.25, -0.2) is 0 Å². The SMILES string of the molecule is CC(C)(NCc1nnc(C(C)(C)C)o1)C(=O)O. The van der Waals surface area contributed by atoms with Crippen LogP contribution in [0.1, 0.15) is 46.4 Å². The molecule has 6 nitrogen and oxygen atoms in total. The molecule has 17 heavy (non-hydrogen) atoms. The normalized spacial score (nSPS) is 12.8. The van der Waals surface area contributed by atoms with Gasteiger partial charge in [-0.2, -0.15) is 0 Å². The van der Waals surface area contributed by atoms with Gasteiger partial charge in [-0.05, 0) is 13.8 Å². The number of rotatable bonds is 4. The molecule has 1 rings (SSSR count). The third-order valence-corrected chi connectivity index (χ3v) is 2.32. The highest BCUT2D eigenvalue weighted by molar-refractivity contribution is 5.77. The second-order valence-corrected chi connectivity index (χ2v) is 5.53. The summed E-state index contributed by atoms with van der Waals surface area (Å²) < 4.78 is 5.45. The van der Waals surface area contributed by atoms with Crippen LogP contribution in [0.5, 0.6) is 0 Å². The molecule has 0 amide bonds. The summed E-state index contributed by atoms with van der Waals surface area (Å²) in [7, 11) is 0. The number of hydrogen-bond acceptors (Lipinski definition) is 5. The van der Waals surface area contributed by atoms with Crippen molar-refractivity contribution < 1.29 is 14.3 Å². The predicted octanol–water partition coefficient (Wildman–Crippen LogP) is 1.32. The molecule has 2 N–H and O–H groups in total. The minimum Gasteiger partial charge on any atom is -0.480 e. The Morgan fingerprint density at radius 2 is 1.88 bits per heavy atom. The van der Waals surface area contributed by atoms with E-state index >= 15 is 0 Å². The summed E-state index contributed by atoms with van der Waals surface area (Å²) in [6.45, 7) is 9.31. The molecule has 0 radical (unpaired) electrons. The molecule has 0 saturated heterocycles. The van der Waals surface area contributed by atoms with E-state index in [1.807, 2.05) is 20.8 Å². The number of hydrogen-bond donors (Lipinski definition) is 2. The Morgan fingerprint density at radius 3 is 2.29 bits per heavy atom. The Hall–Kier alpha value is -1.43. The van der Waals surface area contributed by atoms with Crippen LogP contribution < -0.4 is 5.32 Å². The van der Waals surface area contributed by atoms with Crippen LogP contribution in [0.2, 0.25) is 0 Å². The first kappa shape index (κ1) is 13.6. The zero-order chi connectivity index (χ0) is 13.3. The van der Waals surface area contributed by atoms with E-state index in [4.69, 9.17) is 9.52 Å². The molecule has 0 saturated carbocycles. The van der Waals surface area contributed by atoms with E-state index in [0.717, 1.165) is 0 Å². The fraction of sp³-hybridized carbons (Fsp3) is 0.727. The number of carboxylic acids is 1. The zero-order valence-electron chi connectivity index (χ0n) is 10.9. The third kappa shape index (κ3) is 3.52. The standard InChI is InChI=1S/C11H19N3O3/c1-10(2,3)8-14-13-7(17-8)6-12-11(4,5)9(15)16/h12H,6H2,1-5H3,(H,15,16). The summed E-state index contributed by atoms with van der Waals surface area (Å²) in [5, 5.41) is 19.6. The maximum absolute atomic E-state index is 10.9. The van der Waals surface area contributed by atoms with Gasteiger partial charge in [0.15, 0.2) is 0 Å². The van der Waals surface area contributed by atoms with Crippen molar-refractivity contribution in [3.8, 4) is 0 Å². The van der Waals surface area contributed by atoms with Crippen molar-refractivity contribution in [2.45, 2.75) is 52.1 Å². The molecule has 0 spiro atoms. The predicted molar refractivity (Wildman–Crippen MR) is 61.6 cm³/mol. The molecule has 0 aliphatic heterocycles. The van der Waals surface area contributed by atoms with Gasteiger partial charge in [-0.1, -0.05) is 20.8 Å². The summed E-state index contributed by atoms with van der Waals surface area (Å²) in [5.74, 6) is 0.0136. The van der Waals surface area contributed by atoms with Crippen molar-refractivity contribution in [3.05, 3.63) is 11.8 Å². The fourth-order valence-corrected chi connectivity index (χ4v) is 1.00. The highest BCUT2D eigenvalue weighted by atomic mass is 16.4. The maximum atomic E-state index is 10.9. The third-order valence-electron chi connectivity index (χ3n) is 2.32. The average molecular weight is 241 g/mol. The van der Waals surface area contributed by atoms with Crippen LogP contribution in [0, 0.1) is 0 Å². The summed E-state index contributed by atoms with van der Waals surface area (Å²) in [6.07, 6.45) is 0. The Bertz CT molecular complexity index is 404. The lowest BCUT2D eigenvalue weighted by Gasteiger charge is -2.19. The van der Waals surface area contributed by atoms with E-state index in [9.17, 15) is 4.79 Å². The lowest BCUT2D eigenvalue weighted by atomic mass is 9.97. The number of aliphatic carboxylic acids is 1. The Morgan fingerprint density at radius 1 is 1.29 bits per heavy atom. The van der Waals surface area contributed by atoms with Gasteiger partial charge in [0.25, 0.3) is 0 Å². The van der Waals surface area contributed by atoms with Gasteiger partial charge in [0.1, 0.15) is 5.54 Å². The van der Waals surface area contributed by atoms with Gasteiger partial charge in [-0.3, -0.25) is 10.1 Å². The number of aromatic nitrogens is 2. The van der Waals surface area contributed by atoms with Crippen LogP contribution in [0.15, 0.2) is 4.42 Å². The first-order valence-electron chi connectivity index (χ1n) is 5.44. The van der Waals surface area contributed by atoms with Crippen molar-refractivity contribution in [1.29, 1.82) is 0 Å². The molecule has 1 aromatic rings. The van der Waals surface area contributed by atoms with Crippen LogP contribution in [0.25, 0.3) is 0 Å². The van der Waals surface area contributed by atoms with Crippen LogP contribution in [-0.4, -0.2) is 26.8 Å². The minimum atomic E-state index is -1.02. The number of carbonyl (C=O) groups is 1. The molecule has 0 atom stereocenters. The summed E-state index contributed by atoms with van der Waals surface area (Å²) in [4.78, 5) is 10.9. The molecule has 1 aromatic heterocycles. The molecule has 0 aromatic carbocycles. The average Bonchev–Trinajstić information content (AvgIpc) is 2.62. The summed E-state index contributed by atoms with van der Waals surface area (Å²) in [6, 6.07) is 0. The Labute approximate surface area is 100 Å². The van der Waals surface area contributed by atoms with Gasteiger partial charge < -0.3 is 9.52 Å². The molecule has 1 heterocycles. The topological polar surface area (TPSA) is 88.3 Å². The van der Waals surface area contributed by atoms with Crippen LogP contribution in [0.3, 0.4) is 0 Å². The first-order chi connectivity index (χ1) is 7.63. The van der Waals surface area contributed by atoms with Gasteiger partial charge in [0.05, 0.1) is 6.54 Å². The van der Waals surface area contributed by atoms with Crippen LogP contribution >= 0.6 is 0 Å². The highest BCUT2D eigenvalue weighted by Crippen LogP contribution is 2.20. The lowest BCUT2D eigenvalue weighted by molar-refractivity contribution is -0.143. The second-order valence-electron chi connectivity index (χ2n) is 5.53. The smallest absolute Gasteiger partial charge is 0.323 e. The largest absolute Gasteiger partial charge is 0.480 e. The van der Waals surface area contributed by atoms with E-state index in [-0.39, 0.29) is 12.0 Å². The van der Waals surface area contributed by atoms with Gasteiger partial charge in [0.2, 0.25) is 11.8 Å². The first-order valence-corrected chi connectivity index (χ1v) is 5.44. The van der Waals surface area contributed by atoms with Crippen molar-refractivity contribution in [2.24, 2.45) is 0 Å². The van der Waals surface area contributed by atoms with E-state index in [2.05, 4.69) is 15.5 Å². The van der Waals surface area contributed by atoms with Crippen molar-refractivity contribution in [2.75, 3.05) is 0 Å². The maximum Gasteiger partial charge on any atom is 0.323 e. The molecule has 0 unspecified atom stereocenters. The van der Waals surface area contributed by atoms with Gasteiger partial charge >= 0.3 is 5.97 Å². The van der Waals surface area contributed by atoms with Crippen LogP contribution in [0.4, 0.5) is 0 Å². The number of nitrogens with one attached hydrogen (secondary N) is 1. The minimum absolute atomic E-state index is 0.201. The Balaban J connectivity index is 2.66. The summed E-state index contributed by atoms with van der Waals surface area (Å²) >= 11 is 0. The van der Waals surface area contributed by atoms with Crippen LogP contribution in [-0.2, 0) is 16.8 Å². The fourth-order valence-electron chi connectivity index (χ4n) is 1.00. The molecular weight excluding hydrogens is 222 g/mol. The zero-order valence-corrected chi connectivity index (χ0v) is 10.9. The van der Waals surface area contributed by atoms with Crippen molar-refractivity contribution in [1.82, 2.24) is 15.5 Å². The lowest BCUT2D eigenvalue weighted by Crippen LogP contribution is -2.46. The monoisotopic (exact) mass is 241 g/mol. The molecule has 96 valence electrons. The molecule has 6 heteroatoms. The van der Waals surface area contributed by atoms with Crippen molar-refractivity contribution >= 4 is 5.97 Å². The number of carboxylic acid groups (broad SMARTS) is 1. The Kier molecular flexibility index (Phi) is 3.56. The van der Waals surface area contributed by atoms with Crippen molar-refractivity contribution in [3.63, 3.8) is 0 Å². The summed E-state index contributed by atoms with van der Waals surface area (Å²) in [5.41, 5.74) is -1.22. The molecule has 0 fully saturated rings.